The fraction of sp³-hybridized carbons (Fsp3) is 0.353. The summed E-state index contributed by atoms with van der Waals surface area (Å²) < 4.78 is 0. The second-order valence-electron chi connectivity index (χ2n) is 5.91. The van der Waals surface area contributed by atoms with Crippen LogP contribution in [0.4, 0.5) is 5.69 Å². The topological polar surface area (TPSA) is 82.0 Å². The molecule has 0 saturated carbocycles. The molecule has 1 aromatic carbocycles. The first-order chi connectivity index (χ1) is 11.5. The van der Waals surface area contributed by atoms with Crippen molar-refractivity contribution in [1.29, 1.82) is 0 Å². The van der Waals surface area contributed by atoms with Crippen LogP contribution in [-0.2, 0) is 4.79 Å². The van der Waals surface area contributed by atoms with Crippen molar-refractivity contribution in [2.24, 2.45) is 4.99 Å². The maximum atomic E-state index is 12.2. The number of carbonyl (C=O) groups is 2. The van der Waals surface area contributed by atoms with Gasteiger partial charge in [-0.15, -0.1) is 0 Å². The molecule has 126 valence electrons. The average molecular weight is 348 g/mol. The fourth-order valence-electron chi connectivity index (χ4n) is 2.80. The number of nitrogens with one attached hydrogen (secondary N) is 1. The molecule has 2 aliphatic rings. The first-order valence-electron chi connectivity index (χ1n) is 7.82. The summed E-state index contributed by atoms with van der Waals surface area (Å²) in [7, 11) is 0. The first kappa shape index (κ1) is 16.5. The van der Waals surface area contributed by atoms with Crippen LogP contribution in [-0.4, -0.2) is 41.8 Å². The Balaban J connectivity index is 1.53. The van der Waals surface area contributed by atoms with Crippen LogP contribution in [0.3, 0.4) is 0 Å². The average Bonchev–Trinajstić information content (AvgIpc) is 2.91. The van der Waals surface area contributed by atoms with Crippen LogP contribution in [0.25, 0.3) is 0 Å². The van der Waals surface area contributed by atoms with E-state index in [1.807, 2.05) is 17.9 Å². The predicted molar refractivity (Wildman–Crippen MR) is 92.8 cm³/mol. The van der Waals surface area contributed by atoms with E-state index in [9.17, 15) is 9.59 Å². The van der Waals surface area contributed by atoms with Gasteiger partial charge in [0.1, 0.15) is 10.9 Å². The Morgan fingerprint density at radius 3 is 2.79 bits per heavy atom. The van der Waals surface area contributed by atoms with Crippen LogP contribution in [0.15, 0.2) is 40.0 Å². The number of anilines is 1. The van der Waals surface area contributed by atoms with Crippen LogP contribution in [0.1, 0.15) is 30.1 Å². The van der Waals surface area contributed by atoms with E-state index in [0.29, 0.717) is 30.4 Å². The number of hydrogen-bond donors (Lipinski definition) is 2. The molecular formula is C17H18ClN3O3. The van der Waals surface area contributed by atoms with Crippen molar-refractivity contribution in [3.8, 4) is 0 Å². The van der Waals surface area contributed by atoms with Crippen molar-refractivity contribution in [2.45, 2.75) is 25.8 Å². The summed E-state index contributed by atoms with van der Waals surface area (Å²) >= 11 is 6.00. The molecule has 6 nitrogen and oxygen atoms in total. The van der Waals surface area contributed by atoms with Crippen LogP contribution >= 0.6 is 11.6 Å². The second-order valence-corrected chi connectivity index (χ2v) is 6.27. The molecule has 1 saturated heterocycles. The number of hydrogen-bond acceptors (Lipinski definition) is 4. The molecule has 7 heteroatoms. The van der Waals surface area contributed by atoms with E-state index in [4.69, 9.17) is 16.7 Å². The molecule has 3 rings (SSSR count). The Hall–Kier alpha value is -2.34. The molecule has 1 fully saturated rings. The van der Waals surface area contributed by atoms with E-state index in [-0.39, 0.29) is 17.5 Å². The van der Waals surface area contributed by atoms with Crippen LogP contribution in [0, 0.1) is 0 Å². The van der Waals surface area contributed by atoms with E-state index >= 15 is 0 Å². The van der Waals surface area contributed by atoms with Gasteiger partial charge >= 0.3 is 5.97 Å². The summed E-state index contributed by atoms with van der Waals surface area (Å²) in [5.74, 6) is -1.13. The minimum absolute atomic E-state index is 0.0261. The van der Waals surface area contributed by atoms with Crippen molar-refractivity contribution in [3.05, 3.63) is 40.6 Å². The summed E-state index contributed by atoms with van der Waals surface area (Å²) in [4.78, 5) is 29.4. The van der Waals surface area contributed by atoms with Gasteiger partial charge in [-0.1, -0.05) is 24.6 Å². The van der Waals surface area contributed by atoms with Crippen LogP contribution in [0.5, 0.6) is 0 Å². The van der Waals surface area contributed by atoms with E-state index in [2.05, 4.69) is 10.3 Å². The molecule has 0 unspecified atom stereocenters. The summed E-state index contributed by atoms with van der Waals surface area (Å²) in [5, 5.41) is 12.4. The van der Waals surface area contributed by atoms with Crippen molar-refractivity contribution in [2.75, 3.05) is 18.0 Å². The number of amides is 1. The lowest BCUT2D eigenvalue weighted by molar-refractivity contribution is -0.115. The van der Waals surface area contributed by atoms with E-state index in [1.165, 1.54) is 0 Å². The quantitative estimate of drug-likeness (QED) is 0.801. The number of carbonyl (C=O) groups excluding carboxylic acids is 1. The van der Waals surface area contributed by atoms with E-state index in [1.54, 1.807) is 18.2 Å². The molecule has 2 N–H and O–H groups in total. The molecule has 0 aliphatic carbocycles. The highest BCUT2D eigenvalue weighted by Crippen LogP contribution is 2.26. The van der Waals surface area contributed by atoms with Crippen molar-refractivity contribution in [3.63, 3.8) is 0 Å². The van der Waals surface area contributed by atoms with Gasteiger partial charge in [-0.2, -0.15) is 0 Å². The van der Waals surface area contributed by atoms with Crippen LogP contribution in [0.2, 0.25) is 0 Å². The summed E-state index contributed by atoms with van der Waals surface area (Å²) in [6, 6.07) is 6.81. The lowest BCUT2D eigenvalue weighted by Crippen LogP contribution is -2.60. The van der Waals surface area contributed by atoms with Crippen LogP contribution < -0.4 is 10.2 Å². The third-order valence-corrected chi connectivity index (χ3v) is 4.62. The molecule has 0 bridgehead atoms. The molecule has 2 aliphatic heterocycles. The predicted octanol–water partition coefficient (Wildman–Crippen LogP) is 2.39. The highest BCUT2D eigenvalue weighted by Gasteiger charge is 2.30. The summed E-state index contributed by atoms with van der Waals surface area (Å²) in [6.07, 6.45) is 1.30. The Morgan fingerprint density at radius 1 is 1.42 bits per heavy atom. The van der Waals surface area contributed by atoms with E-state index < -0.39 is 5.97 Å². The number of allylic oxidation sites excluding steroid dienone is 1. The minimum Gasteiger partial charge on any atom is -0.478 e. The Bertz CT molecular complexity index is 751. The summed E-state index contributed by atoms with van der Waals surface area (Å²) in [6.45, 7) is 3.27. The fourth-order valence-corrected chi connectivity index (χ4v) is 3.10. The lowest BCUT2D eigenvalue weighted by atomic mass is 10.0. The molecule has 2 heterocycles. The zero-order valence-corrected chi connectivity index (χ0v) is 14.0. The van der Waals surface area contributed by atoms with Gasteiger partial charge in [0.2, 0.25) is 0 Å². The molecule has 0 spiro atoms. The molecule has 0 aromatic heterocycles. The molecule has 24 heavy (non-hydrogen) atoms. The van der Waals surface area contributed by atoms with Gasteiger partial charge < -0.3 is 15.3 Å². The maximum Gasteiger partial charge on any atom is 0.335 e. The first-order valence-corrected chi connectivity index (χ1v) is 8.20. The monoisotopic (exact) mass is 347 g/mol. The summed E-state index contributed by atoms with van der Waals surface area (Å²) in [5.41, 5.74) is 2.55. The zero-order valence-electron chi connectivity index (χ0n) is 13.3. The molecule has 1 amide bonds. The van der Waals surface area contributed by atoms with Crippen molar-refractivity contribution in [1.82, 2.24) is 5.32 Å². The number of carboxylic acid groups (broad SMARTS) is 1. The number of aliphatic imine (C=N–C) groups is 1. The second kappa shape index (κ2) is 6.65. The number of carboxylic acids is 1. The number of nitrogens with zero attached hydrogens (tertiary/aromatic N) is 2. The number of rotatable bonds is 5. The zero-order chi connectivity index (χ0) is 17.3. The normalized spacial score (nSPS) is 17.6. The number of halogens is 1. The van der Waals surface area contributed by atoms with Gasteiger partial charge in [0, 0.05) is 25.2 Å². The SMILES string of the molecule is CCC1=C(Cl)N=C(C(=O)NC2CN(c3cccc(C(=O)O)c3)C2)C1. The van der Waals surface area contributed by atoms with Gasteiger partial charge in [-0.3, -0.25) is 4.79 Å². The van der Waals surface area contributed by atoms with E-state index in [0.717, 1.165) is 17.7 Å². The molecule has 1 aromatic rings. The number of benzene rings is 1. The highest BCUT2D eigenvalue weighted by atomic mass is 35.5. The van der Waals surface area contributed by atoms with Gasteiger partial charge in [-0.25, -0.2) is 9.79 Å². The third-order valence-electron chi connectivity index (χ3n) is 4.27. The molecule has 0 atom stereocenters. The van der Waals surface area contributed by atoms with Crippen molar-refractivity contribution >= 4 is 34.9 Å². The highest BCUT2D eigenvalue weighted by molar-refractivity contribution is 6.43. The Morgan fingerprint density at radius 2 is 2.17 bits per heavy atom. The van der Waals surface area contributed by atoms with Crippen molar-refractivity contribution < 1.29 is 14.7 Å². The Labute approximate surface area is 144 Å². The molecule has 0 radical (unpaired) electrons. The minimum atomic E-state index is -0.947. The smallest absolute Gasteiger partial charge is 0.335 e. The van der Waals surface area contributed by atoms with Gasteiger partial charge in [0.25, 0.3) is 5.91 Å². The Kier molecular flexibility index (Phi) is 4.57. The third kappa shape index (κ3) is 3.28. The van der Waals surface area contributed by atoms with Gasteiger partial charge in [-0.05, 0) is 30.2 Å². The van der Waals surface area contributed by atoms with Gasteiger partial charge in [0.05, 0.1) is 11.6 Å². The van der Waals surface area contributed by atoms with Gasteiger partial charge in [0.15, 0.2) is 0 Å². The lowest BCUT2D eigenvalue weighted by Gasteiger charge is -2.41. The largest absolute Gasteiger partial charge is 0.478 e. The number of aromatic carboxylic acids is 1. The molecular weight excluding hydrogens is 330 g/mol. The maximum absolute atomic E-state index is 12.2. The standard InChI is InChI=1S/C17H18ClN3O3/c1-2-10-7-14(20-15(10)18)16(22)19-12-8-21(9-12)13-5-3-4-11(6-13)17(23)24/h3-6,12H,2,7-9H2,1H3,(H,19,22)(H,23,24).